The molecule has 126 valence electrons. The minimum Gasteiger partial charge on any atom is -0.445 e. The van der Waals surface area contributed by atoms with Crippen LogP contribution in [0.5, 0.6) is 0 Å². The highest BCUT2D eigenvalue weighted by Gasteiger charge is 2.29. The van der Waals surface area contributed by atoms with Crippen molar-refractivity contribution in [1.82, 2.24) is 10.2 Å². The maximum Gasteiger partial charge on any atom is 0.408 e. The first-order valence-electron chi connectivity index (χ1n) is 7.91. The topological polar surface area (TPSA) is 67.9 Å². The summed E-state index contributed by atoms with van der Waals surface area (Å²) in [7, 11) is 0. The fourth-order valence-corrected chi connectivity index (χ4v) is 2.39. The molecule has 1 unspecified atom stereocenters. The minimum atomic E-state index is -0.587. The van der Waals surface area contributed by atoms with E-state index in [1.54, 1.807) is 4.90 Å². The van der Waals surface area contributed by atoms with Crippen molar-refractivity contribution in [3.05, 3.63) is 35.9 Å². The number of hydrogen-bond acceptors (Lipinski definition) is 4. The highest BCUT2D eigenvalue weighted by molar-refractivity contribution is 5.86. The predicted octanol–water partition coefficient (Wildman–Crippen LogP) is 1.80. The Morgan fingerprint density at radius 1 is 1.22 bits per heavy atom. The van der Waals surface area contributed by atoms with Gasteiger partial charge >= 0.3 is 6.09 Å². The van der Waals surface area contributed by atoms with Crippen molar-refractivity contribution in [3.63, 3.8) is 0 Å². The number of benzene rings is 1. The molecule has 0 aliphatic carbocycles. The third-order valence-electron chi connectivity index (χ3n) is 3.74. The van der Waals surface area contributed by atoms with Gasteiger partial charge in [-0.2, -0.15) is 0 Å². The Morgan fingerprint density at radius 3 is 2.48 bits per heavy atom. The van der Waals surface area contributed by atoms with Gasteiger partial charge in [-0.25, -0.2) is 4.79 Å². The lowest BCUT2D eigenvalue weighted by Crippen LogP contribution is -2.53. The molecule has 1 aliphatic heterocycles. The number of carbonyl (C=O) groups is 2. The fourth-order valence-electron chi connectivity index (χ4n) is 2.39. The molecule has 0 aromatic heterocycles. The summed E-state index contributed by atoms with van der Waals surface area (Å²) in [5, 5.41) is 2.69. The van der Waals surface area contributed by atoms with Gasteiger partial charge in [0, 0.05) is 13.1 Å². The summed E-state index contributed by atoms with van der Waals surface area (Å²) in [5.74, 6) is -0.102. The molecule has 0 radical (unpaired) electrons. The third-order valence-corrected chi connectivity index (χ3v) is 3.74. The van der Waals surface area contributed by atoms with Crippen molar-refractivity contribution in [2.24, 2.45) is 5.92 Å². The van der Waals surface area contributed by atoms with Crippen LogP contribution >= 0.6 is 0 Å². The molecule has 0 bridgehead atoms. The van der Waals surface area contributed by atoms with Crippen LogP contribution in [0, 0.1) is 5.92 Å². The van der Waals surface area contributed by atoms with Crippen LogP contribution < -0.4 is 5.32 Å². The van der Waals surface area contributed by atoms with Gasteiger partial charge in [-0.1, -0.05) is 44.2 Å². The number of morpholine rings is 1. The Labute approximate surface area is 136 Å². The average molecular weight is 320 g/mol. The molecule has 1 aliphatic rings. The summed E-state index contributed by atoms with van der Waals surface area (Å²) in [6, 6.07) is 8.85. The van der Waals surface area contributed by atoms with Gasteiger partial charge in [0.15, 0.2) is 0 Å². The zero-order valence-electron chi connectivity index (χ0n) is 13.7. The van der Waals surface area contributed by atoms with E-state index in [9.17, 15) is 9.59 Å². The van der Waals surface area contributed by atoms with E-state index in [4.69, 9.17) is 9.47 Å². The van der Waals surface area contributed by atoms with E-state index >= 15 is 0 Å². The Morgan fingerprint density at radius 2 is 1.87 bits per heavy atom. The third kappa shape index (κ3) is 5.25. The van der Waals surface area contributed by atoms with Crippen LogP contribution in [-0.2, 0) is 20.9 Å². The Bertz CT molecular complexity index is 513. The molecule has 6 nitrogen and oxygen atoms in total. The largest absolute Gasteiger partial charge is 0.445 e. The molecule has 1 aromatic rings. The number of nitrogens with zero attached hydrogens (tertiary/aromatic N) is 1. The van der Waals surface area contributed by atoms with Gasteiger partial charge in [0.1, 0.15) is 12.6 Å². The zero-order valence-corrected chi connectivity index (χ0v) is 13.7. The molecule has 2 amide bonds. The first kappa shape index (κ1) is 17.3. The number of ether oxygens (including phenoxy) is 2. The van der Waals surface area contributed by atoms with E-state index in [1.165, 1.54) is 0 Å². The lowest BCUT2D eigenvalue weighted by molar-refractivity contribution is -0.138. The lowest BCUT2D eigenvalue weighted by atomic mass is 10.0. The summed E-state index contributed by atoms with van der Waals surface area (Å²) >= 11 is 0. The second-order valence-electron chi connectivity index (χ2n) is 5.87. The first-order valence-corrected chi connectivity index (χ1v) is 7.91. The average Bonchev–Trinajstić information content (AvgIpc) is 2.58. The molecule has 0 saturated carbocycles. The maximum atomic E-state index is 12.5. The molecule has 1 saturated heterocycles. The predicted molar refractivity (Wildman–Crippen MR) is 85.8 cm³/mol. The van der Waals surface area contributed by atoms with Crippen molar-refractivity contribution in [2.75, 3.05) is 26.3 Å². The SMILES string of the molecule is CC(C)C(NC(=O)OCc1ccccc1)C(=O)N1CCOCC1. The van der Waals surface area contributed by atoms with E-state index in [1.807, 2.05) is 44.2 Å². The molecule has 1 N–H and O–H groups in total. The Hall–Kier alpha value is -2.08. The highest BCUT2D eigenvalue weighted by Crippen LogP contribution is 2.09. The molecule has 1 atom stereocenters. The summed E-state index contributed by atoms with van der Waals surface area (Å²) < 4.78 is 10.5. The van der Waals surface area contributed by atoms with Crippen LogP contribution in [0.15, 0.2) is 30.3 Å². The number of alkyl carbamates (subject to hydrolysis) is 1. The number of amides is 2. The lowest BCUT2D eigenvalue weighted by Gasteiger charge is -2.32. The smallest absolute Gasteiger partial charge is 0.408 e. The van der Waals surface area contributed by atoms with Crippen LogP contribution in [0.2, 0.25) is 0 Å². The number of rotatable bonds is 5. The molecular formula is C17H24N2O4. The standard InChI is InChI=1S/C17H24N2O4/c1-13(2)15(16(20)19-8-10-22-11-9-19)18-17(21)23-12-14-6-4-3-5-7-14/h3-7,13,15H,8-12H2,1-2H3,(H,18,21). The summed E-state index contributed by atoms with van der Waals surface area (Å²) in [5.41, 5.74) is 0.906. The van der Waals surface area contributed by atoms with E-state index < -0.39 is 12.1 Å². The number of carbonyl (C=O) groups excluding carboxylic acids is 2. The quantitative estimate of drug-likeness (QED) is 0.898. The summed E-state index contributed by atoms with van der Waals surface area (Å²) in [6.07, 6.45) is -0.575. The van der Waals surface area contributed by atoms with E-state index in [2.05, 4.69) is 5.32 Å². The van der Waals surface area contributed by atoms with Gasteiger partial charge in [0.05, 0.1) is 13.2 Å². The van der Waals surface area contributed by atoms with Crippen LogP contribution in [0.25, 0.3) is 0 Å². The summed E-state index contributed by atoms with van der Waals surface area (Å²) in [4.78, 5) is 26.3. The van der Waals surface area contributed by atoms with E-state index in [-0.39, 0.29) is 18.4 Å². The van der Waals surface area contributed by atoms with Crippen LogP contribution in [0.3, 0.4) is 0 Å². The minimum absolute atomic E-state index is 0.0189. The van der Waals surface area contributed by atoms with Crippen molar-refractivity contribution >= 4 is 12.0 Å². The van der Waals surface area contributed by atoms with Gasteiger partial charge in [-0.15, -0.1) is 0 Å². The molecule has 23 heavy (non-hydrogen) atoms. The molecule has 6 heteroatoms. The van der Waals surface area contributed by atoms with Crippen molar-refractivity contribution in [1.29, 1.82) is 0 Å². The van der Waals surface area contributed by atoms with E-state index in [0.29, 0.717) is 26.3 Å². The van der Waals surface area contributed by atoms with Gasteiger partial charge in [0.25, 0.3) is 0 Å². The Balaban J connectivity index is 1.87. The van der Waals surface area contributed by atoms with Gasteiger partial charge in [0.2, 0.25) is 5.91 Å². The number of hydrogen-bond donors (Lipinski definition) is 1. The van der Waals surface area contributed by atoms with Crippen LogP contribution in [0.4, 0.5) is 4.79 Å². The molecular weight excluding hydrogens is 296 g/mol. The van der Waals surface area contributed by atoms with Crippen LogP contribution in [-0.4, -0.2) is 49.2 Å². The van der Waals surface area contributed by atoms with Gasteiger partial charge in [-0.05, 0) is 11.5 Å². The molecule has 1 aromatic carbocycles. The normalized spacial score (nSPS) is 16.0. The second kappa shape index (κ2) is 8.53. The monoisotopic (exact) mass is 320 g/mol. The highest BCUT2D eigenvalue weighted by atomic mass is 16.5. The molecule has 1 fully saturated rings. The van der Waals surface area contributed by atoms with E-state index in [0.717, 1.165) is 5.56 Å². The van der Waals surface area contributed by atoms with Gasteiger partial charge in [-0.3, -0.25) is 4.79 Å². The van der Waals surface area contributed by atoms with Gasteiger partial charge < -0.3 is 19.7 Å². The van der Waals surface area contributed by atoms with Crippen molar-refractivity contribution in [3.8, 4) is 0 Å². The number of nitrogens with one attached hydrogen (secondary N) is 1. The zero-order chi connectivity index (χ0) is 16.7. The maximum absolute atomic E-state index is 12.5. The second-order valence-corrected chi connectivity index (χ2v) is 5.87. The molecule has 0 spiro atoms. The van der Waals surface area contributed by atoms with Crippen LogP contribution in [0.1, 0.15) is 19.4 Å². The van der Waals surface area contributed by atoms with Crippen molar-refractivity contribution in [2.45, 2.75) is 26.5 Å². The molecule has 2 rings (SSSR count). The fraction of sp³-hybridized carbons (Fsp3) is 0.529. The molecule has 1 heterocycles. The van der Waals surface area contributed by atoms with Crippen molar-refractivity contribution < 1.29 is 19.1 Å². The first-order chi connectivity index (χ1) is 11.1. The Kier molecular flexibility index (Phi) is 6.40. The summed E-state index contributed by atoms with van der Waals surface area (Å²) in [6.45, 7) is 6.18.